The van der Waals surface area contributed by atoms with Crippen LogP contribution in [0.4, 0.5) is 4.39 Å². The van der Waals surface area contributed by atoms with Crippen LogP contribution in [-0.4, -0.2) is 21.3 Å². The normalized spacial score (nSPS) is 12.3. The van der Waals surface area contributed by atoms with Crippen molar-refractivity contribution in [2.75, 3.05) is 6.61 Å². The third-order valence-corrected chi connectivity index (χ3v) is 3.56. The molecule has 0 saturated carbocycles. The van der Waals surface area contributed by atoms with E-state index in [2.05, 4.69) is 20.9 Å². The van der Waals surface area contributed by atoms with E-state index in [1.54, 1.807) is 10.6 Å². The highest BCUT2D eigenvalue weighted by Gasteiger charge is 2.26. The molecule has 98 valence electrons. The minimum atomic E-state index is -0.591. The van der Waals surface area contributed by atoms with Gasteiger partial charge in [0.1, 0.15) is 11.3 Å². The van der Waals surface area contributed by atoms with Crippen molar-refractivity contribution >= 4 is 38.6 Å². The van der Waals surface area contributed by atoms with Gasteiger partial charge >= 0.3 is 0 Å². The molecule has 6 heteroatoms. The van der Waals surface area contributed by atoms with Crippen molar-refractivity contribution < 1.29 is 9.50 Å². The van der Waals surface area contributed by atoms with Crippen LogP contribution in [-0.2, 0) is 11.4 Å². The van der Waals surface area contributed by atoms with Crippen LogP contribution < -0.4 is 0 Å². The molecule has 0 fully saturated rings. The zero-order valence-electron chi connectivity index (χ0n) is 10.0. The number of aromatic nitrogens is 2. The zero-order chi connectivity index (χ0) is 13.5. The van der Waals surface area contributed by atoms with Crippen LogP contribution in [0.1, 0.15) is 19.7 Å². The van der Waals surface area contributed by atoms with E-state index in [0.717, 1.165) is 0 Å². The van der Waals surface area contributed by atoms with Gasteiger partial charge in [0.2, 0.25) is 0 Å². The van der Waals surface area contributed by atoms with Crippen molar-refractivity contribution in [3.63, 3.8) is 0 Å². The molecule has 1 aromatic carbocycles. The minimum Gasteiger partial charge on any atom is -0.394 e. The highest BCUT2D eigenvalue weighted by atomic mass is 79.9. The van der Waals surface area contributed by atoms with Crippen molar-refractivity contribution in [1.29, 1.82) is 0 Å². The number of aliphatic hydroxyl groups is 1. The molecule has 0 radical (unpaired) electrons. The summed E-state index contributed by atoms with van der Waals surface area (Å²) in [5.41, 5.74) is 0.304. The molecule has 3 nitrogen and oxygen atoms in total. The number of fused-ring (bicyclic) bond motifs is 1. The molecule has 1 aromatic heterocycles. The van der Waals surface area contributed by atoms with Gasteiger partial charge in [0.25, 0.3) is 0 Å². The quantitative estimate of drug-likeness (QED) is 0.873. The zero-order valence-corrected chi connectivity index (χ0v) is 12.4. The molecule has 1 heterocycles. The molecule has 0 amide bonds. The first kappa shape index (κ1) is 13.8. The molecule has 2 aromatic rings. The third-order valence-electron chi connectivity index (χ3n) is 2.86. The van der Waals surface area contributed by atoms with Gasteiger partial charge in [-0.15, -0.1) is 11.6 Å². The van der Waals surface area contributed by atoms with E-state index in [0.29, 0.717) is 15.8 Å². The molecule has 0 saturated heterocycles. The number of imidazole rings is 1. The molecule has 0 atom stereocenters. The predicted molar refractivity (Wildman–Crippen MR) is 73.4 cm³/mol. The number of nitrogens with zero attached hydrogens (tertiary/aromatic N) is 2. The number of aliphatic hydroxyl groups excluding tert-OH is 1. The topological polar surface area (TPSA) is 38.0 Å². The molecular formula is C12H13BrClFN2O. The van der Waals surface area contributed by atoms with E-state index in [1.165, 1.54) is 6.07 Å². The van der Waals surface area contributed by atoms with Crippen LogP contribution in [0.5, 0.6) is 0 Å². The largest absolute Gasteiger partial charge is 0.394 e. The maximum Gasteiger partial charge on any atom is 0.152 e. The number of hydrogen-bond donors (Lipinski definition) is 1. The lowest BCUT2D eigenvalue weighted by molar-refractivity contribution is 0.165. The average Bonchev–Trinajstić information content (AvgIpc) is 2.68. The first-order chi connectivity index (χ1) is 8.40. The highest BCUT2D eigenvalue weighted by molar-refractivity contribution is 9.10. The summed E-state index contributed by atoms with van der Waals surface area (Å²) in [6.07, 6.45) is 0. The number of halogens is 3. The molecule has 0 spiro atoms. The van der Waals surface area contributed by atoms with Gasteiger partial charge in [-0.3, -0.25) is 0 Å². The third kappa shape index (κ3) is 2.15. The fraction of sp³-hybridized carbons (Fsp3) is 0.417. The molecule has 0 unspecified atom stereocenters. The molecule has 0 aliphatic carbocycles. The van der Waals surface area contributed by atoms with Crippen LogP contribution in [0.25, 0.3) is 11.0 Å². The first-order valence-corrected chi connectivity index (χ1v) is 6.77. The Labute approximate surface area is 118 Å². The van der Waals surface area contributed by atoms with Gasteiger partial charge in [-0.25, -0.2) is 9.37 Å². The Morgan fingerprint density at radius 2 is 2.17 bits per heavy atom. The fourth-order valence-corrected chi connectivity index (χ4v) is 2.58. The second-order valence-corrected chi connectivity index (χ2v) is 5.91. The molecule has 0 aliphatic heterocycles. The molecule has 1 N–H and O–H groups in total. The Morgan fingerprint density at radius 3 is 2.72 bits per heavy atom. The van der Waals surface area contributed by atoms with Crippen molar-refractivity contribution in [2.24, 2.45) is 0 Å². The van der Waals surface area contributed by atoms with E-state index in [4.69, 9.17) is 11.6 Å². The van der Waals surface area contributed by atoms with E-state index < -0.39 is 11.4 Å². The second-order valence-electron chi connectivity index (χ2n) is 4.72. The van der Waals surface area contributed by atoms with Crippen molar-refractivity contribution in [3.8, 4) is 0 Å². The highest BCUT2D eigenvalue weighted by Crippen LogP contribution is 2.30. The van der Waals surface area contributed by atoms with Gasteiger partial charge in [0.05, 0.1) is 23.5 Å². The Kier molecular flexibility index (Phi) is 3.67. The second kappa shape index (κ2) is 4.79. The monoisotopic (exact) mass is 334 g/mol. The van der Waals surface area contributed by atoms with Gasteiger partial charge in [0.15, 0.2) is 5.82 Å². The van der Waals surface area contributed by atoms with E-state index in [1.807, 2.05) is 13.8 Å². The van der Waals surface area contributed by atoms with Gasteiger partial charge in [0, 0.05) is 4.47 Å². The molecule has 0 bridgehead atoms. The van der Waals surface area contributed by atoms with Crippen LogP contribution in [0.15, 0.2) is 16.6 Å². The SMILES string of the molecule is CC(C)(CO)n1c(CCl)nc2c(F)cc(Br)cc21. The lowest BCUT2D eigenvalue weighted by atomic mass is 10.1. The van der Waals surface area contributed by atoms with Crippen LogP contribution >= 0.6 is 27.5 Å². The summed E-state index contributed by atoms with van der Waals surface area (Å²) in [7, 11) is 0. The maximum atomic E-state index is 13.9. The Morgan fingerprint density at radius 1 is 1.50 bits per heavy atom. The standard InChI is InChI=1S/C12H13BrClFN2O/c1-12(2,6-18)17-9-4-7(13)3-8(15)11(9)16-10(17)5-14/h3-4,18H,5-6H2,1-2H3. The summed E-state index contributed by atoms with van der Waals surface area (Å²) >= 11 is 9.12. The summed E-state index contributed by atoms with van der Waals surface area (Å²) in [5, 5.41) is 9.49. The molecular weight excluding hydrogens is 322 g/mol. The Bertz CT molecular complexity index is 597. The number of benzene rings is 1. The Hall–Kier alpha value is -0.650. The Balaban J connectivity index is 2.85. The van der Waals surface area contributed by atoms with E-state index in [-0.39, 0.29) is 18.0 Å². The van der Waals surface area contributed by atoms with Crippen molar-refractivity contribution in [3.05, 3.63) is 28.2 Å². The maximum absolute atomic E-state index is 13.9. The smallest absolute Gasteiger partial charge is 0.152 e. The fourth-order valence-electron chi connectivity index (χ4n) is 1.99. The van der Waals surface area contributed by atoms with Crippen molar-refractivity contribution in [2.45, 2.75) is 25.3 Å². The van der Waals surface area contributed by atoms with Crippen LogP contribution in [0.2, 0.25) is 0 Å². The summed E-state index contributed by atoms with van der Waals surface area (Å²) in [4.78, 5) is 4.21. The number of alkyl halides is 1. The molecule has 2 rings (SSSR count). The lowest BCUT2D eigenvalue weighted by Gasteiger charge is -2.26. The summed E-state index contributed by atoms with van der Waals surface area (Å²) in [6.45, 7) is 3.61. The number of hydrogen-bond acceptors (Lipinski definition) is 2. The van der Waals surface area contributed by atoms with E-state index >= 15 is 0 Å². The van der Waals surface area contributed by atoms with Gasteiger partial charge < -0.3 is 9.67 Å². The van der Waals surface area contributed by atoms with Crippen LogP contribution in [0, 0.1) is 5.82 Å². The number of rotatable bonds is 3. The molecule has 0 aliphatic rings. The predicted octanol–water partition coefficient (Wildman–Crippen LogP) is 3.40. The summed E-state index contributed by atoms with van der Waals surface area (Å²) < 4.78 is 16.3. The summed E-state index contributed by atoms with van der Waals surface area (Å²) in [6, 6.07) is 3.14. The van der Waals surface area contributed by atoms with Gasteiger partial charge in [-0.05, 0) is 26.0 Å². The van der Waals surface area contributed by atoms with Crippen LogP contribution in [0.3, 0.4) is 0 Å². The molecule has 18 heavy (non-hydrogen) atoms. The minimum absolute atomic E-state index is 0.0868. The first-order valence-electron chi connectivity index (χ1n) is 5.44. The van der Waals surface area contributed by atoms with Gasteiger partial charge in [-0.1, -0.05) is 15.9 Å². The lowest BCUT2D eigenvalue weighted by Crippen LogP contribution is -2.31. The van der Waals surface area contributed by atoms with E-state index in [9.17, 15) is 9.50 Å². The van der Waals surface area contributed by atoms with Gasteiger partial charge in [-0.2, -0.15) is 0 Å². The van der Waals surface area contributed by atoms with Crippen molar-refractivity contribution in [1.82, 2.24) is 9.55 Å². The summed E-state index contributed by atoms with van der Waals surface area (Å²) in [5.74, 6) is 0.302. The average molecular weight is 336 g/mol.